The highest BCUT2D eigenvalue weighted by Crippen LogP contribution is 2.37. The van der Waals surface area contributed by atoms with E-state index in [4.69, 9.17) is 22.3 Å². The molecule has 0 radical (unpaired) electrons. The van der Waals surface area contributed by atoms with Gasteiger partial charge in [-0.25, -0.2) is 4.98 Å². The molecule has 1 aliphatic heterocycles. The number of benzene rings is 1. The van der Waals surface area contributed by atoms with Gasteiger partial charge in [-0.1, -0.05) is 11.6 Å². The molecule has 140 valence electrons. The number of hydrogen-bond donors (Lipinski definition) is 3. The smallest absolute Gasteiger partial charge is 0.227 e. The maximum Gasteiger partial charge on any atom is 0.227 e. The minimum absolute atomic E-state index is 0.322. The standard InChI is InChI=1S/C19H22ClN7/c20-12-1-6-15-11(9-12)7-8-27(15)18-16-17(23-10-22-16)25-19(26-18)24-14-4-2-13(21)3-5-14/h1,6,9-10,13-14H,2-5,7-8,21H2,(H2,22,23,24,25,26). The van der Waals surface area contributed by atoms with Crippen LogP contribution < -0.4 is 16.0 Å². The number of aromatic nitrogens is 4. The summed E-state index contributed by atoms with van der Waals surface area (Å²) in [5.74, 6) is 1.47. The number of hydrogen-bond acceptors (Lipinski definition) is 6. The number of imidazole rings is 1. The maximum atomic E-state index is 6.16. The van der Waals surface area contributed by atoms with Crippen molar-refractivity contribution in [3.05, 3.63) is 35.1 Å². The largest absolute Gasteiger partial charge is 0.351 e. The van der Waals surface area contributed by atoms with Gasteiger partial charge in [0.15, 0.2) is 17.0 Å². The van der Waals surface area contributed by atoms with Gasteiger partial charge in [-0.15, -0.1) is 0 Å². The molecule has 0 saturated heterocycles. The van der Waals surface area contributed by atoms with Gasteiger partial charge in [0.25, 0.3) is 0 Å². The Morgan fingerprint density at radius 2 is 2.04 bits per heavy atom. The average molecular weight is 384 g/mol. The van der Waals surface area contributed by atoms with Gasteiger partial charge >= 0.3 is 0 Å². The first-order valence-electron chi connectivity index (χ1n) is 9.46. The van der Waals surface area contributed by atoms with E-state index in [0.29, 0.717) is 18.0 Å². The lowest BCUT2D eigenvalue weighted by molar-refractivity contribution is 0.410. The van der Waals surface area contributed by atoms with E-state index in [0.717, 1.165) is 66.3 Å². The van der Waals surface area contributed by atoms with Gasteiger partial charge in [-0.2, -0.15) is 9.97 Å². The Kier molecular flexibility index (Phi) is 4.13. The predicted octanol–water partition coefficient (Wildman–Crippen LogP) is 3.38. The molecule has 1 saturated carbocycles. The molecule has 2 aromatic heterocycles. The number of halogens is 1. The zero-order valence-electron chi connectivity index (χ0n) is 15.0. The van der Waals surface area contributed by atoms with E-state index in [1.54, 1.807) is 6.33 Å². The molecule has 7 nitrogen and oxygen atoms in total. The summed E-state index contributed by atoms with van der Waals surface area (Å²) in [6.45, 7) is 0.854. The van der Waals surface area contributed by atoms with E-state index in [-0.39, 0.29) is 0 Å². The van der Waals surface area contributed by atoms with E-state index in [2.05, 4.69) is 31.2 Å². The molecule has 0 atom stereocenters. The van der Waals surface area contributed by atoms with Crippen molar-refractivity contribution in [1.82, 2.24) is 19.9 Å². The summed E-state index contributed by atoms with van der Waals surface area (Å²) >= 11 is 6.16. The number of nitrogens with one attached hydrogen (secondary N) is 2. The van der Waals surface area contributed by atoms with Gasteiger partial charge in [0.2, 0.25) is 5.95 Å². The fourth-order valence-corrected chi connectivity index (χ4v) is 4.30. The van der Waals surface area contributed by atoms with E-state index in [1.807, 2.05) is 12.1 Å². The highest BCUT2D eigenvalue weighted by molar-refractivity contribution is 6.30. The molecule has 1 fully saturated rings. The van der Waals surface area contributed by atoms with E-state index in [1.165, 1.54) is 5.56 Å². The number of aromatic amines is 1. The quantitative estimate of drug-likeness (QED) is 0.641. The zero-order chi connectivity index (χ0) is 18.4. The van der Waals surface area contributed by atoms with Crippen LogP contribution in [0.3, 0.4) is 0 Å². The first-order chi connectivity index (χ1) is 13.2. The Hall–Kier alpha value is -2.38. The minimum Gasteiger partial charge on any atom is -0.351 e. The molecule has 0 unspecified atom stereocenters. The Bertz CT molecular complexity index is 977. The Morgan fingerprint density at radius 3 is 2.89 bits per heavy atom. The second kappa shape index (κ2) is 6.65. The van der Waals surface area contributed by atoms with Crippen LogP contribution in [0.5, 0.6) is 0 Å². The first kappa shape index (κ1) is 16.8. The van der Waals surface area contributed by atoms with Crippen LogP contribution in [-0.2, 0) is 6.42 Å². The predicted molar refractivity (Wildman–Crippen MR) is 108 cm³/mol. The van der Waals surface area contributed by atoms with Crippen molar-refractivity contribution in [3.63, 3.8) is 0 Å². The van der Waals surface area contributed by atoms with Crippen LogP contribution in [0.15, 0.2) is 24.5 Å². The molecule has 3 heterocycles. The summed E-state index contributed by atoms with van der Waals surface area (Å²) in [5, 5.41) is 4.27. The molecule has 3 aromatic rings. The van der Waals surface area contributed by atoms with Crippen molar-refractivity contribution in [2.45, 2.75) is 44.2 Å². The molecule has 1 aromatic carbocycles. The topological polar surface area (TPSA) is 95.7 Å². The van der Waals surface area contributed by atoms with Crippen molar-refractivity contribution >= 4 is 40.2 Å². The van der Waals surface area contributed by atoms with Crippen LogP contribution in [0.4, 0.5) is 17.5 Å². The van der Waals surface area contributed by atoms with Crippen LogP contribution in [0.25, 0.3) is 11.2 Å². The fourth-order valence-electron chi connectivity index (χ4n) is 4.11. The van der Waals surface area contributed by atoms with E-state index < -0.39 is 0 Å². The Labute approximate surface area is 162 Å². The van der Waals surface area contributed by atoms with Crippen molar-refractivity contribution in [3.8, 4) is 0 Å². The van der Waals surface area contributed by atoms with Crippen molar-refractivity contribution in [2.24, 2.45) is 5.73 Å². The Morgan fingerprint density at radius 1 is 1.19 bits per heavy atom. The van der Waals surface area contributed by atoms with Crippen LogP contribution in [-0.4, -0.2) is 38.6 Å². The molecule has 8 heteroatoms. The third-order valence-electron chi connectivity index (χ3n) is 5.56. The van der Waals surface area contributed by atoms with Crippen molar-refractivity contribution in [2.75, 3.05) is 16.8 Å². The summed E-state index contributed by atoms with van der Waals surface area (Å²) in [5.41, 5.74) is 9.93. The van der Waals surface area contributed by atoms with Crippen LogP contribution in [0.2, 0.25) is 5.02 Å². The molecule has 0 amide bonds. The normalized spacial score (nSPS) is 22.2. The van der Waals surface area contributed by atoms with Crippen molar-refractivity contribution < 1.29 is 0 Å². The van der Waals surface area contributed by atoms with Gasteiger partial charge in [0, 0.05) is 29.3 Å². The lowest BCUT2D eigenvalue weighted by Gasteiger charge is -2.27. The minimum atomic E-state index is 0.322. The molecule has 5 rings (SSSR count). The SMILES string of the molecule is NC1CCC(Nc2nc(N3CCc4cc(Cl)ccc43)c3nc[nH]c3n2)CC1. The number of H-pyrrole nitrogens is 1. The highest BCUT2D eigenvalue weighted by atomic mass is 35.5. The lowest BCUT2D eigenvalue weighted by atomic mass is 9.92. The number of nitrogens with two attached hydrogens (primary N) is 1. The third kappa shape index (κ3) is 3.11. The van der Waals surface area contributed by atoms with Crippen LogP contribution in [0, 0.1) is 0 Å². The molecule has 0 bridgehead atoms. The molecule has 27 heavy (non-hydrogen) atoms. The highest BCUT2D eigenvalue weighted by Gasteiger charge is 2.26. The summed E-state index contributed by atoms with van der Waals surface area (Å²) < 4.78 is 0. The fraction of sp³-hybridized carbons (Fsp3) is 0.421. The summed E-state index contributed by atoms with van der Waals surface area (Å²) in [4.78, 5) is 19.3. The molecule has 1 aliphatic carbocycles. The number of nitrogens with zero attached hydrogens (tertiary/aromatic N) is 4. The maximum absolute atomic E-state index is 6.16. The van der Waals surface area contributed by atoms with E-state index >= 15 is 0 Å². The lowest BCUT2D eigenvalue weighted by Crippen LogP contribution is -2.33. The Balaban J connectivity index is 1.50. The third-order valence-corrected chi connectivity index (χ3v) is 5.79. The molecule has 0 spiro atoms. The molecular formula is C19H22ClN7. The van der Waals surface area contributed by atoms with Gasteiger partial charge in [-0.05, 0) is 55.9 Å². The summed E-state index contributed by atoms with van der Waals surface area (Å²) in [6.07, 6.45) is 6.78. The van der Waals surface area contributed by atoms with Crippen molar-refractivity contribution in [1.29, 1.82) is 0 Å². The van der Waals surface area contributed by atoms with Crippen LogP contribution in [0.1, 0.15) is 31.2 Å². The summed E-state index contributed by atoms with van der Waals surface area (Å²) in [6, 6.07) is 6.70. The number of fused-ring (bicyclic) bond motifs is 2. The first-order valence-corrected chi connectivity index (χ1v) is 9.84. The van der Waals surface area contributed by atoms with Gasteiger partial charge in [0.1, 0.15) is 0 Å². The molecule has 4 N–H and O–H groups in total. The zero-order valence-corrected chi connectivity index (χ0v) is 15.7. The van der Waals surface area contributed by atoms with Gasteiger partial charge in [-0.3, -0.25) is 0 Å². The number of rotatable bonds is 3. The average Bonchev–Trinajstić information content (AvgIpc) is 3.29. The molecule has 2 aliphatic rings. The number of anilines is 3. The second-order valence-electron chi connectivity index (χ2n) is 7.40. The van der Waals surface area contributed by atoms with Crippen LogP contribution >= 0.6 is 11.6 Å². The second-order valence-corrected chi connectivity index (χ2v) is 7.84. The van der Waals surface area contributed by atoms with Gasteiger partial charge < -0.3 is 20.9 Å². The monoisotopic (exact) mass is 383 g/mol. The van der Waals surface area contributed by atoms with E-state index in [9.17, 15) is 0 Å². The molecular weight excluding hydrogens is 362 g/mol. The van der Waals surface area contributed by atoms with Gasteiger partial charge in [0.05, 0.1) is 6.33 Å². The summed E-state index contributed by atoms with van der Waals surface area (Å²) in [7, 11) is 0.